The van der Waals surface area contributed by atoms with Crippen LogP contribution in [0.3, 0.4) is 0 Å². The number of carbonyl (C=O) groups is 1. The van der Waals surface area contributed by atoms with Crippen LogP contribution in [0.1, 0.15) is 35.2 Å². The maximum atomic E-state index is 12.3. The Hall–Kier alpha value is -1.89. The first kappa shape index (κ1) is 18.9. The molecule has 0 aromatic heterocycles. The van der Waals surface area contributed by atoms with Crippen molar-refractivity contribution in [1.29, 1.82) is 0 Å². The van der Waals surface area contributed by atoms with Gasteiger partial charge in [-0.25, -0.2) is 13.1 Å². The highest BCUT2D eigenvalue weighted by atomic mass is 35.5. The molecule has 1 saturated heterocycles. The summed E-state index contributed by atoms with van der Waals surface area (Å²) in [6.45, 7) is 3.05. The van der Waals surface area contributed by atoms with Gasteiger partial charge >= 0.3 is 0 Å². The normalized spacial score (nSPS) is 15.6. The smallest absolute Gasteiger partial charge is 0.264 e. The first-order valence-corrected chi connectivity index (χ1v) is 10.4. The number of amides is 1. The Balaban J connectivity index is 1.65. The van der Waals surface area contributed by atoms with Gasteiger partial charge < -0.3 is 0 Å². The Kier molecular flexibility index (Phi) is 5.96. The van der Waals surface area contributed by atoms with Crippen molar-refractivity contribution in [3.8, 4) is 0 Å². The van der Waals surface area contributed by atoms with Crippen molar-refractivity contribution < 1.29 is 13.2 Å². The molecule has 138 valence electrons. The standard InChI is InChI=1S/C19H21ClN2O3S/c20-17-8-10-18(11-9-17)26(24,25)21-19(23)16-6-4-15(5-7-16)14-22-12-2-1-3-13-22/h4-11H,1-3,12-14H2,(H,21,23). The van der Waals surface area contributed by atoms with Gasteiger partial charge in [0.15, 0.2) is 0 Å². The van der Waals surface area contributed by atoms with Gasteiger partial charge in [-0.3, -0.25) is 9.69 Å². The molecular weight excluding hydrogens is 372 g/mol. The van der Waals surface area contributed by atoms with Crippen LogP contribution in [0.25, 0.3) is 0 Å². The molecular formula is C19H21ClN2O3S. The van der Waals surface area contributed by atoms with Crippen molar-refractivity contribution in [2.24, 2.45) is 0 Å². The van der Waals surface area contributed by atoms with E-state index in [1.54, 1.807) is 12.1 Å². The second-order valence-corrected chi connectivity index (χ2v) is 8.54. The molecule has 3 rings (SSSR count). The van der Waals surface area contributed by atoms with Gasteiger partial charge in [-0.05, 0) is 67.9 Å². The molecule has 1 aliphatic rings. The highest BCUT2D eigenvalue weighted by molar-refractivity contribution is 7.90. The van der Waals surface area contributed by atoms with Gasteiger partial charge in [0.2, 0.25) is 0 Å². The van der Waals surface area contributed by atoms with Gasteiger partial charge in [-0.1, -0.05) is 30.2 Å². The molecule has 1 heterocycles. The largest absolute Gasteiger partial charge is 0.299 e. The fourth-order valence-electron chi connectivity index (χ4n) is 2.99. The average Bonchev–Trinajstić information content (AvgIpc) is 2.63. The number of nitrogens with zero attached hydrogens (tertiary/aromatic N) is 1. The minimum atomic E-state index is -3.92. The first-order chi connectivity index (χ1) is 12.4. The molecule has 1 amide bonds. The molecule has 2 aromatic carbocycles. The topological polar surface area (TPSA) is 66.5 Å². The van der Waals surface area contributed by atoms with Gasteiger partial charge in [-0.2, -0.15) is 0 Å². The molecule has 0 unspecified atom stereocenters. The summed E-state index contributed by atoms with van der Waals surface area (Å²) in [5.74, 6) is -0.649. The molecule has 1 N–H and O–H groups in total. The second-order valence-electron chi connectivity index (χ2n) is 6.42. The van der Waals surface area contributed by atoms with Crippen LogP contribution in [0.4, 0.5) is 0 Å². The van der Waals surface area contributed by atoms with Crippen LogP contribution in [-0.4, -0.2) is 32.3 Å². The van der Waals surface area contributed by atoms with Crippen molar-refractivity contribution in [3.63, 3.8) is 0 Å². The number of hydrogen-bond donors (Lipinski definition) is 1. The molecule has 0 aliphatic carbocycles. The number of likely N-dealkylation sites (tertiary alicyclic amines) is 1. The van der Waals surface area contributed by atoms with Gasteiger partial charge in [0.25, 0.3) is 15.9 Å². The molecule has 5 nitrogen and oxygen atoms in total. The molecule has 0 atom stereocenters. The highest BCUT2D eigenvalue weighted by Gasteiger charge is 2.19. The molecule has 0 radical (unpaired) electrons. The van der Waals surface area contributed by atoms with E-state index in [2.05, 4.69) is 9.62 Å². The number of rotatable bonds is 5. The van der Waals surface area contributed by atoms with E-state index in [0.29, 0.717) is 10.6 Å². The number of nitrogens with one attached hydrogen (secondary N) is 1. The van der Waals surface area contributed by atoms with Gasteiger partial charge in [0, 0.05) is 17.1 Å². The number of sulfonamides is 1. The Labute approximate surface area is 159 Å². The molecule has 1 aliphatic heterocycles. The summed E-state index contributed by atoms with van der Waals surface area (Å²) in [6, 6.07) is 12.7. The lowest BCUT2D eigenvalue weighted by molar-refractivity contribution is 0.0981. The van der Waals surface area contributed by atoms with Crippen LogP contribution in [0.15, 0.2) is 53.4 Å². The first-order valence-electron chi connectivity index (χ1n) is 8.58. The van der Waals surface area contributed by atoms with Crippen molar-refractivity contribution in [1.82, 2.24) is 9.62 Å². The number of piperidine rings is 1. The maximum absolute atomic E-state index is 12.3. The van der Waals surface area contributed by atoms with E-state index in [0.717, 1.165) is 25.2 Å². The third-order valence-electron chi connectivity index (χ3n) is 4.42. The molecule has 1 fully saturated rings. The number of halogens is 1. The van der Waals surface area contributed by atoms with E-state index in [4.69, 9.17) is 11.6 Å². The molecule has 7 heteroatoms. The van der Waals surface area contributed by atoms with Crippen molar-refractivity contribution in [3.05, 3.63) is 64.7 Å². The number of benzene rings is 2. The maximum Gasteiger partial charge on any atom is 0.264 e. The third kappa shape index (κ3) is 4.84. The number of hydrogen-bond acceptors (Lipinski definition) is 4. The molecule has 0 spiro atoms. The quantitative estimate of drug-likeness (QED) is 0.846. The minimum absolute atomic E-state index is 0.00281. The zero-order chi connectivity index (χ0) is 18.6. The summed E-state index contributed by atoms with van der Waals surface area (Å²) in [7, 11) is -3.92. The minimum Gasteiger partial charge on any atom is -0.299 e. The highest BCUT2D eigenvalue weighted by Crippen LogP contribution is 2.16. The molecule has 26 heavy (non-hydrogen) atoms. The predicted octanol–water partition coefficient (Wildman–Crippen LogP) is 3.44. The monoisotopic (exact) mass is 392 g/mol. The van der Waals surface area contributed by atoms with Crippen LogP contribution >= 0.6 is 11.6 Å². The second kappa shape index (κ2) is 8.20. The van der Waals surface area contributed by atoms with Crippen molar-refractivity contribution >= 4 is 27.5 Å². The zero-order valence-corrected chi connectivity index (χ0v) is 15.9. The average molecular weight is 393 g/mol. The lowest BCUT2D eigenvalue weighted by Gasteiger charge is -2.26. The molecule has 2 aromatic rings. The van der Waals surface area contributed by atoms with Crippen LogP contribution in [0.2, 0.25) is 5.02 Å². The number of carbonyl (C=O) groups excluding carboxylic acids is 1. The summed E-state index contributed by atoms with van der Waals surface area (Å²) < 4.78 is 26.6. The third-order valence-corrected chi connectivity index (χ3v) is 6.02. The van der Waals surface area contributed by atoms with E-state index in [1.807, 2.05) is 12.1 Å². The predicted molar refractivity (Wildman–Crippen MR) is 102 cm³/mol. The zero-order valence-electron chi connectivity index (χ0n) is 14.3. The van der Waals surface area contributed by atoms with Crippen LogP contribution in [-0.2, 0) is 16.6 Å². The van der Waals surface area contributed by atoms with Crippen LogP contribution in [0, 0.1) is 0 Å². The molecule has 0 bridgehead atoms. The van der Waals surface area contributed by atoms with E-state index < -0.39 is 15.9 Å². The lowest BCUT2D eigenvalue weighted by atomic mass is 10.1. The van der Waals surface area contributed by atoms with Gasteiger partial charge in [-0.15, -0.1) is 0 Å². The molecule has 0 saturated carbocycles. The SMILES string of the molecule is O=C(NS(=O)(=O)c1ccc(Cl)cc1)c1ccc(CN2CCCCC2)cc1. The van der Waals surface area contributed by atoms with E-state index >= 15 is 0 Å². The summed E-state index contributed by atoms with van der Waals surface area (Å²) >= 11 is 5.76. The van der Waals surface area contributed by atoms with E-state index in [9.17, 15) is 13.2 Å². The summed E-state index contributed by atoms with van der Waals surface area (Å²) in [6.07, 6.45) is 3.74. The Bertz CT molecular complexity index is 859. The Morgan fingerprint density at radius 3 is 2.19 bits per heavy atom. The van der Waals surface area contributed by atoms with E-state index in [1.165, 1.54) is 43.5 Å². The van der Waals surface area contributed by atoms with Gasteiger partial charge in [0.05, 0.1) is 4.90 Å². The Morgan fingerprint density at radius 2 is 1.58 bits per heavy atom. The van der Waals surface area contributed by atoms with Crippen LogP contribution < -0.4 is 4.72 Å². The van der Waals surface area contributed by atoms with E-state index in [-0.39, 0.29) is 4.90 Å². The Morgan fingerprint density at radius 1 is 0.962 bits per heavy atom. The van der Waals surface area contributed by atoms with Crippen molar-refractivity contribution in [2.45, 2.75) is 30.7 Å². The van der Waals surface area contributed by atoms with Gasteiger partial charge in [0.1, 0.15) is 0 Å². The summed E-state index contributed by atoms with van der Waals surface area (Å²) in [5.41, 5.74) is 1.42. The fourth-order valence-corrected chi connectivity index (χ4v) is 4.09. The lowest BCUT2D eigenvalue weighted by Crippen LogP contribution is -2.30. The van der Waals surface area contributed by atoms with Crippen molar-refractivity contribution in [2.75, 3.05) is 13.1 Å². The summed E-state index contributed by atoms with van der Waals surface area (Å²) in [5, 5.41) is 0.430. The van der Waals surface area contributed by atoms with Crippen LogP contribution in [0.5, 0.6) is 0 Å². The fraction of sp³-hybridized carbons (Fsp3) is 0.316. The summed E-state index contributed by atoms with van der Waals surface area (Å²) in [4.78, 5) is 14.7.